The van der Waals surface area contributed by atoms with Crippen LogP contribution in [-0.4, -0.2) is 44.9 Å². The Morgan fingerprint density at radius 3 is 0.852 bits per heavy atom. The van der Waals surface area contributed by atoms with Crippen molar-refractivity contribution in [1.82, 2.24) is 0 Å². The van der Waals surface area contributed by atoms with E-state index in [1.807, 2.05) is 6.92 Å². The lowest BCUT2D eigenvalue weighted by atomic mass is 9.84. The molecule has 3 heterocycles. The number of ether oxygens (including phenoxy) is 4. The highest BCUT2D eigenvalue weighted by Crippen LogP contribution is 2.27. The first kappa shape index (κ1) is 65.2. The fourth-order valence-electron chi connectivity index (χ4n) is 6.34. The number of rotatable bonds is 0. The maximum atomic E-state index is 5.39. The van der Waals surface area contributed by atoms with Crippen LogP contribution in [0.2, 0.25) is 0 Å². The van der Waals surface area contributed by atoms with Crippen molar-refractivity contribution in [1.29, 1.82) is 0 Å². The highest BCUT2D eigenvalue weighted by atomic mass is 16.7. The fourth-order valence-corrected chi connectivity index (χ4v) is 6.34. The normalized spacial score (nSPS) is 32.4. The molecule has 0 radical (unpaired) electrons. The first-order valence-corrected chi connectivity index (χ1v) is 20.5. The Morgan fingerprint density at radius 1 is 0.352 bits per heavy atom. The summed E-state index contributed by atoms with van der Waals surface area (Å²) in [6, 6.07) is 0. The molecule has 0 aromatic heterocycles. The largest absolute Gasteiger partial charge is 0.378 e. The third kappa shape index (κ3) is 36.9. The summed E-state index contributed by atoms with van der Waals surface area (Å²) in [5.41, 5.74) is 3.17. The summed E-state index contributed by atoms with van der Waals surface area (Å²) in [6.45, 7) is 30.3. The molecule has 3 aliphatic heterocycles. The SMILES string of the molecule is C.C.C.C.C.C.CC1=CCC(C)CC1.CC1=CCC(C)CC1.CC1CCC(C)CC1.CC1CC[C@@H](C)CO1.CC1CC[C@@H](C)OC1.CC1COC(C)OC1. The minimum atomic E-state index is 0. The Balaban J connectivity index is -0.000000125. The predicted molar refractivity (Wildman–Crippen MR) is 249 cm³/mol. The van der Waals surface area contributed by atoms with Crippen LogP contribution in [0.1, 0.15) is 218 Å². The molecule has 0 bridgehead atoms. The molecular weight excluding hydrogens is 665 g/mol. The smallest absolute Gasteiger partial charge is 0.154 e. The molecule has 0 aromatic rings. The van der Waals surface area contributed by atoms with Gasteiger partial charge in [0.15, 0.2) is 6.29 Å². The molecule has 0 aromatic carbocycles. The highest BCUT2D eigenvalue weighted by Gasteiger charge is 2.16. The Bertz CT molecular complexity index is 656. The van der Waals surface area contributed by atoms with Gasteiger partial charge in [-0.05, 0) is 134 Å². The zero-order chi connectivity index (χ0) is 35.9. The maximum Gasteiger partial charge on any atom is 0.154 e. The third-order valence-corrected chi connectivity index (χ3v) is 10.8. The molecule has 6 atom stereocenters. The highest BCUT2D eigenvalue weighted by molar-refractivity contribution is 5.02. The van der Waals surface area contributed by atoms with Gasteiger partial charge in [-0.25, -0.2) is 0 Å². The van der Waals surface area contributed by atoms with E-state index in [-0.39, 0.29) is 50.8 Å². The molecule has 3 aliphatic carbocycles. The van der Waals surface area contributed by atoms with Gasteiger partial charge < -0.3 is 18.9 Å². The van der Waals surface area contributed by atoms with E-state index in [2.05, 4.69) is 88.3 Å². The van der Waals surface area contributed by atoms with Gasteiger partial charge in [0.05, 0.1) is 25.4 Å². The molecule has 0 spiro atoms. The van der Waals surface area contributed by atoms with Crippen molar-refractivity contribution in [2.45, 2.75) is 236 Å². The quantitative estimate of drug-likeness (QED) is 0.230. The van der Waals surface area contributed by atoms with Gasteiger partial charge in [-0.2, -0.15) is 0 Å². The number of hydrogen-bond donors (Lipinski definition) is 0. The molecule has 54 heavy (non-hydrogen) atoms. The Hall–Kier alpha value is -0.680. The van der Waals surface area contributed by atoms with Gasteiger partial charge in [-0.15, -0.1) is 0 Å². The lowest BCUT2D eigenvalue weighted by molar-refractivity contribution is -0.187. The van der Waals surface area contributed by atoms with Crippen molar-refractivity contribution >= 4 is 0 Å². The van der Waals surface area contributed by atoms with Crippen molar-refractivity contribution in [3.63, 3.8) is 0 Å². The Labute approximate surface area is 345 Å². The van der Waals surface area contributed by atoms with Crippen molar-refractivity contribution in [3.8, 4) is 0 Å². The molecule has 4 fully saturated rings. The average Bonchev–Trinajstić information content (AvgIpc) is 3.07. The zero-order valence-electron chi connectivity index (χ0n) is 34.3. The lowest BCUT2D eigenvalue weighted by Gasteiger charge is -2.24. The summed E-state index contributed by atoms with van der Waals surface area (Å²) >= 11 is 0. The zero-order valence-corrected chi connectivity index (χ0v) is 34.3. The van der Waals surface area contributed by atoms with Gasteiger partial charge in [0.2, 0.25) is 0 Å². The van der Waals surface area contributed by atoms with Crippen LogP contribution in [0.3, 0.4) is 0 Å². The predicted octanol–water partition coefficient (Wildman–Crippen LogP) is 16.8. The molecule has 1 saturated carbocycles. The monoisotopic (exact) mass is 773 g/mol. The van der Waals surface area contributed by atoms with Crippen LogP contribution in [0.4, 0.5) is 0 Å². The van der Waals surface area contributed by atoms with Gasteiger partial charge in [-0.1, -0.05) is 142 Å². The van der Waals surface area contributed by atoms with E-state index in [0.29, 0.717) is 18.1 Å². The molecule has 0 amide bonds. The van der Waals surface area contributed by atoms with E-state index in [9.17, 15) is 0 Å². The van der Waals surface area contributed by atoms with Gasteiger partial charge in [-0.3, -0.25) is 0 Å². The third-order valence-electron chi connectivity index (χ3n) is 10.8. The van der Waals surface area contributed by atoms with E-state index in [4.69, 9.17) is 18.9 Å². The van der Waals surface area contributed by atoms with Gasteiger partial charge >= 0.3 is 0 Å². The summed E-state index contributed by atoms with van der Waals surface area (Å²) in [6.07, 6.45) is 25.0. The minimum absolute atomic E-state index is 0. The van der Waals surface area contributed by atoms with E-state index in [1.54, 1.807) is 11.1 Å². The topological polar surface area (TPSA) is 36.9 Å². The molecule has 0 N–H and O–H groups in total. The Kier molecular flexibility index (Phi) is 47.3. The second kappa shape index (κ2) is 39.2. The molecular formula is C50H108O4. The first-order chi connectivity index (χ1) is 22.7. The molecule has 332 valence electrons. The van der Waals surface area contributed by atoms with Gasteiger partial charge in [0, 0.05) is 19.1 Å². The summed E-state index contributed by atoms with van der Waals surface area (Å²) < 4.78 is 21.1. The van der Waals surface area contributed by atoms with Gasteiger partial charge in [0.25, 0.3) is 0 Å². The first-order valence-electron chi connectivity index (χ1n) is 20.5. The van der Waals surface area contributed by atoms with Gasteiger partial charge in [0.1, 0.15) is 0 Å². The lowest BCUT2D eigenvalue weighted by Crippen LogP contribution is -2.27. The standard InChI is InChI=1S/C8H16.2C8H14.2C7H14O.C6H12O2.6CH4/c3*1-7-3-5-8(2)6-4-7;2*1-6-3-4-7(2)8-5-6;1-5-3-7-6(2)8-4-5;;;;;;/h7-8H,3-6H2,1-2H3;2*3,8H,4-6H2,1-2H3;2*6-7H,3-5H2,1-2H3;5-6H,3-4H2,1-2H3;6*1H4/t;;;6?,7-;6-,7?;;;;;;;/m...11......./s1. The maximum absolute atomic E-state index is 5.39. The van der Waals surface area contributed by atoms with Crippen LogP contribution < -0.4 is 0 Å². The Morgan fingerprint density at radius 2 is 0.648 bits per heavy atom. The molecule has 4 unspecified atom stereocenters. The van der Waals surface area contributed by atoms with E-state index < -0.39 is 0 Å². The second-order valence-electron chi connectivity index (χ2n) is 17.2. The summed E-state index contributed by atoms with van der Waals surface area (Å²) in [5, 5.41) is 0. The van der Waals surface area contributed by atoms with Crippen molar-refractivity contribution < 1.29 is 18.9 Å². The van der Waals surface area contributed by atoms with Crippen molar-refractivity contribution in [3.05, 3.63) is 23.3 Å². The molecule has 6 aliphatic rings. The second-order valence-corrected chi connectivity index (χ2v) is 17.2. The van der Waals surface area contributed by atoms with Crippen molar-refractivity contribution in [2.75, 3.05) is 26.4 Å². The fraction of sp³-hybridized carbons (Fsp3) is 0.920. The van der Waals surface area contributed by atoms with Crippen molar-refractivity contribution in [2.24, 2.45) is 41.4 Å². The van der Waals surface area contributed by atoms with E-state index in [1.165, 1.54) is 89.9 Å². The number of allylic oxidation sites excluding steroid dienone is 4. The van der Waals surface area contributed by atoms with Crippen LogP contribution in [0.15, 0.2) is 23.3 Å². The van der Waals surface area contributed by atoms with Crippen LogP contribution in [0.25, 0.3) is 0 Å². The summed E-state index contributed by atoms with van der Waals surface area (Å²) in [5.74, 6) is 6.10. The van der Waals surface area contributed by atoms with Crippen LogP contribution in [-0.2, 0) is 18.9 Å². The van der Waals surface area contributed by atoms with E-state index in [0.717, 1.165) is 61.9 Å². The van der Waals surface area contributed by atoms with Crippen LogP contribution >= 0.6 is 0 Å². The summed E-state index contributed by atoms with van der Waals surface area (Å²) in [4.78, 5) is 0. The molecule has 3 saturated heterocycles. The minimum Gasteiger partial charge on any atom is -0.378 e. The molecule has 4 nitrogen and oxygen atoms in total. The van der Waals surface area contributed by atoms with E-state index >= 15 is 0 Å². The molecule has 6 rings (SSSR count). The average molecular weight is 773 g/mol. The number of hydrogen-bond acceptors (Lipinski definition) is 4. The van der Waals surface area contributed by atoms with Crippen LogP contribution in [0.5, 0.6) is 0 Å². The summed E-state index contributed by atoms with van der Waals surface area (Å²) in [7, 11) is 0. The van der Waals surface area contributed by atoms with Crippen LogP contribution in [0, 0.1) is 41.4 Å². The molecule has 4 heteroatoms.